The van der Waals surface area contributed by atoms with Gasteiger partial charge in [0.15, 0.2) is 4.96 Å². The van der Waals surface area contributed by atoms with Crippen LogP contribution in [0.15, 0.2) is 66.9 Å². The van der Waals surface area contributed by atoms with Gasteiger partial charge in [-0.3, -0.25) is 9.20 Å². The van der Waals surface area contributed by atoms with Crippen LogP contribution in [0.1, 0.15) is 56.9 Å². The van der Waals surface area contributed by atoms with Gasteiger partial charge in [0.05, 0.1) is 15.9 Å². The quantitative estimate of drug-likeness (QED) is 0.181. The fraction of sp³-hybridized carbons (Fsp3) is 0.353. The predicted molar refractivity (Wildman–Crippen MR) is 173 cm³/mol. The van der Waals surface area contributed by atoms with Crippen molar-refractivity contribution < 1.29 is 16.4 Å². The molecule has 2 aromatic heterocycles. The summed E-state index contributed by atoms with van der Waals surface area (Å²) in [5.41, 5.74) is 5.39. The number of rotatable bonds is 8. The molecule has 2 N–H and O–H groups in total. The monoisotopic (exact) mass is 603 g/mol. The molecule has 3 aromatic carbocycles. The van der Waals surface area contributed by atoms with E-state index in [1.807, 2.05) is 59.1 Å². The Labute approximate surface area is 256 Å². The predicted octanol–water partition coefficient (Wildman–Crippen LogP) is 7.49. The highest BCUT2D eigenvalue weighted by Gasteiger charge is 2.24. The zero-order valence-corrected chi connectivity index (χ0v) is 24.8. The summed E-state index contributed by atoms with van der Waals surface area (Å²) in [5, 5.41) is 6.51. The van der Waals surface area contributed by atoms with Crippen LogP contribution < -0.4 is 10.6 Å². The molecular formula is C34H39F2N5OS. The maximum Gasteiger partial charge on any atom is 0.251 e. The third kappa shape index (κ3) is 5.81. The van der Waals surface area contributed by atoms with E-state index in [4.69, 9.17) is 4.98 Å². The number of nitrogens with one attached hydrogen (secondary N) is 2. The molecule has 9 heteroatoms. The molecule has 226 valence electrons. The van der Waals surface area contributed by atoms with Gasteiger partial charge in [0.25, 0.3) is 5.91 Å². The molecule has 2 saturated heterocycles. The largest absolute Gasteiger partial charge is 0.352 e. The minimum absolute atomic E-state index is 0. The van der Waals surface area contributed by atoms with Crippen LogP contribution in [0.25, 0.3) is 37.6 Å². The van der Waals surface area contributed by atoms with Gasteiger partial charge in [0.2, 0.25) is 0 Å². The van der Waals surface area contributed by atoms with Crippen LogP contribution in [-0.4, -0.2) is 59.1 Å². The van der Waals surface area contributed by atoms with Crippen molar-refractivity contribution in [3.05, 3.63) is 83.8 Å². The van der Waals surface area contributed by atoms with Crippen LogP contribution in [0.5, 0.6) is 0 Å². The van der Waals surface area contributed by atoms with Gasteiger partial charge in [0, 0.05) is 45.9 Å². The average molecular weight is 604 g/mol. The van der Waals surface area contributed by atoms with Crippen molar-refractivity contribution in [3.8, 4) is 22.4 Å². The lowest BCUT2D eigenvalue weighted by Crippen LogP contribution is -2.36. The molecule has 0 aliphatic carbocycles. The Balaban J connectivity index is 0.00000200. The molecule has 5 aromatic rings. The number of benzene rings is 3. The zero-order chi connectivity index (χ0) is 29.3. The van der Waals surface area contributed by atoms with E-state index >= 15 is 4.39 Å². The number of nitrogens with zero attached hydrogens (tertiary/aromatic N) is 3. The van der Waals surface area contributed by atoms with Crippen molar-refractivity contribution in [1.29, 1.82) is 0 Å². The first-order valence-corrected chi connectivity index (χ1v) is 16.0. The summed E-state index contributed by atoms with van der Waals surface area (Å²) in [6.07, 6.45) is 5.36. The SMILES string of the molecule is O=C(NCCCN1CCC(F)CC1)c1ccc2c(c1)sc1nc(-c3c(F)cc([C@H]4CCCN4)cc3-c3ccccc3)cn12.[HH].[HH]. The molecular weight excluding hydrogens is 564 g/mol. The summed E-state index contributed by atoms with van der Waals surface area (Å²) in [6.45, 7) is 3.97. The number of carbonyl (C=O) groups is 1. The second-order valence-electron chi connectivity index (χ2n) is 11.6. The zero-order valence-electron chi connectivity index (χ0n) is 24.0. The highest BCUT2D eigenvalue weighted by atomic mass is 32.1. The standard InChI is InChI=1S/C34H35F2N5OS.2H2/c35-25-11-16-40(17-12-25)15-5-14-38-33(42)23-9-10-30-31(20-23)43-34-39-29(21-41(30)34)32-26(22-6-2-1-3-7-22)18-24(19-27(32)36)28-8-4-13-37-28;;/h1-3,6-7,9-10,18-21,25,28,37H,4-5,8,11-17H2,(H,38,42);2*1H/t28-;;/m1../s1. The molecule has 6 nitrogen and oxygen atoms in total. The fourth-order valence-corrected chi connectivity index (χ4v) is 7.45. The first kappa shape index (κ1) is 28.1. The normalized spacial score (nSPS) is 18.1. The van der Waals surface area contributed by atoms with Crippen molar-refractivity contribution >= 4 is 32.4 Å². The van der Waals surface area contributed by atoms with Crippen LogP contribution >= 0.6 is 11.3 Å². The molecule has 1 atom stereocenters. The minimum Gasteiger partial charge on any atom is -0.352 e. The number of fused-ring (bicyclic) bond motifs is 3. The van der Waals surface area contributed by atoms with Crippen LogP contribution in [-0.2, 0) is 0 Å². The molecule has 7 rings (SSSR count). The van der Waals surface area contributed by atoms with Crippen molar-refractivity contribution in [2.24, 2.45) is 0 Å². The Kier molecular flexibility index (Phi) is 7.95. The summed E-state index contributed by atoms with van der Waals surface area (Å²) in [7, 11) is 0. The van der Waals surface area contributed by atoms with Crippen LogP contribution in [0.2, 0.25) is 0 Å². The van der Waals surface area contributed by atoms with Gasteiger partial charge in [0.1, 0.15) is 12.0 Å². The number of thiazole rings is 1. The molecule has 0 spiro atoms. The smallest absolute Gasteiger partial charge is 0.251 e. The number of alkyl halides is 1. The number of amides is 1. The van der Waals surface area contributed by atoms with Crippen molar-refractivity contribution in [2.45, 2.75) is 44.3 Å². The van der Waals surface area contributed by atoms with Gasteiger partial charge in [-0.15, -0.1) is 0 Å². The molecule has 2 fully saturated rings. The van der Waals surface area contributed by atoms with Crippen molar-refractivity contribution in [1.82, 2.24) is 24.9 Å². The lowest BCUT2D eigenvalue weighted by atomic mass is 9.92. The number of likely N-dealkylation sites (tertiary alicyclic amines) is 1. The molecule has 0 unspecified atom stereocenters. The second kappa shape index (κ2) is 12.1. The third-order valence-electron chi connectivity index (χ3n) is 8.73. The van der Waals surface area contributed by atoms with E-state index in [2.05, 4.69) is 21.6 Å². The highest BCUT2D eigenvalue weighted by Crippen LogP contribution is 2.39. The maximum atomic E-state index is 15.9. The van der Waals surface area contributed by atoms with Gasteiger partial charge in [-0.2, -0.15) is 0 Å². The summed E-state index contributed by atoms with van der Waals surface area (Å²) in [4.78, 5) is 20.8. The molecule has 0 radical (unpaired) electrons. The molecule has 2 aliphatic heterocycles. The Morgan fingerprint density at radius 1 is 1.09 bits per heavy atom. The average Bonchev–Trinajstić information content (AvgIpc) is 3.77. The number of imidazole rings is 1. The Hall–Kier alpha value is -3.66. The second-order valence-corrected chi connectivity index (χ2v) is 12.6. The van der Waals surface area contributed by atoms with E-state index in [9.17, 15) is 9.18 Å². The van der Waals surface area contributed by atoms with E-state index in [0.29, 0.717) is 36.2 Å². The van der Waals surface area contributed by atoms with Gasteiger partial charge in [-0.25, -0.2) is 13.8 Å². The first-order chi connectivity index (χ1) is 21.0. The van der Waals surface area contributed by atoms with Crippen LogP contribution in [0.3, 0.4) is 0 Å². The topological polar surface area (TPSA) is 61.7 Å². The number of carbonyl (C=O) groups excluding carboxylic acids is 1. The number of hydrogen-bond acceptors (Lipinski definition) is 5. The minimum atomic E-state index is -0.670. The summed E-state index contributed by atoms with van der Waals surface area (Å²) < 4.78 is 32.2. The van der Waals surface area contributed by atoms with Crippen molar-refractivity contribution in [2.75, 3.05) is 32.7 Å². The Morgan fingerprint density at radius 3 is 2.72 bits per heavy atom. The van der Waals surface area contributed by atoms with E-state index in [1.165, 1.54) is 11.3 Å². The fourth-order valence-electron chi connectivity index (χ4n) is 6.40. The molecule has 2 aliphatic rings. The van der Waals surface area contributed by atoms with E-state index in [-0.39, 0.29) is 20.6 Å². The lowest BCUT2D eigenvalue weighted by Gasteiger charge is -2.28. The summed E-state index contributed by atoms with van der Waals surface area (Å²) in [6, 6.07) is 19.5. The molecule has 0 bridgehead atoms. The van der Waals surface area contributed by atoms with Crippen LogP contribution in [0, 0.1) is 5.82 Å². The van der Waals surface area contributed by atoms with E-state index < -0.39 is 6.17 Å². The molecule has 4 heterocycles. The summed E-state index contributed by atoms with van der Waals surface area (Å²) >= 11 is 1.49. The van der Waals surface area contributed by atoms with Gasteiger partial charge in [-0.05, 0) is 92.2 Å². The third-order valence-corrected chi connectivity index (χ3v) is 9.74. The van der Waals surface area contributed by atoms with E-state index in [1.54, 1.807) is 6.07 Å². The first-order valence-electron chi connectivity index (χ1n) is 15.2. The molecule has 0 saturated carbocycles. The highest BCUT2D eigenvalue weighted by molar-refractivity contribution is 7.23. The number of halogens is 2. The molecule has 43 heavy (non-hydrogen) atoms. The number of aromatic nitrogens is 2. The number of piperidine rings is 1. The van der Waals surface area contributed by atoms with Gasteiger partial charge >= 0.3 is 0 Å². The van der Waals surface area contributed by atoms with Gasteiger partial charge < -0.3 is 15.5 Å². The lowest BCUT2D eigenvalue weighted by molar-refractivity contribution is 0.0950. The number of hydrogen-bond donors (Lipinski definition) is 2. The summed E-state index contributed by atoms with van der Waals surface area (Å²) in [5.74, 6) is -0.381. The van der Waals surface area contributed by atoms with Gasteiger partial charge in [-0.1, -0.05) is 41.7 Å². The van der Waals surface area contributed by atoms with Crippen LogP contribution in [0.4, 0.5) is 8.78 Å². The Bertz CT molecular complexity index is 1770. The maximum absolute atomic E-state index is 15.9. The Morgan fingerprint density at radius 2 is 1.93 bits per heavy atom. The van der Waals surface area contributed by atoms with Crippen molar-refractivity contribution in [3.63, 3.8) is 0 Å². The van der Waals surface area contributed by atoms with E-state index in [0.717, 1.165) is 77.3 Å². The molecule has 1 amide bonds.